The molecule has 11 nitrogen and oxygen atoms in total. The van der Waals surface area contributed by atoms with Crippen LogP contribution in [0.3, 0.4) is 0 Å². The summed E-state index contributed by atoms with van der Waals surface area (Å²) in [5, 5.41) is 3.36. The van der Waals surface area contributed by atoms with Gasteiger partial charge in [-0.25, -0.2) is 4.39 Å². The maximum absolute atomic E-state index is 14.3. The summed E-state index contributed by atoms with van der Waals surface area (Å²) in [5.74, 6) is -2.27. The van der Waals surface area contributed by atoms with E-state index >= 15 is 0 Å². The molecule has 0 spiro atoms. The highest BCUT2D eigenvalue weighted by molar-refractivity contribution is 7.51. The van der Waals surface area contributed by atoms with E-state index in [1.807, 2.05) is 26.8 Å². The highest BCUT2D eigenvalue weighted by Crippen LogP contribution is 2.53. The lowest BCUT2D eigenvalue weighted by molar-refractivity contribution is -0.148. The number of aromatic nitrogens is 1. The normalized spacial score (nSPS) is 24.5. The molecule has 0 aliphatic carbocycles. The van der Waals surface area contributed by atoms with Crippen LogP contribution in [-0.4, -0.2) is 79.6 Å². The third-order valence-corrected chi connectivity index (χ3v) is 11.1. The monoisotopic (exact) mass is 672 g/mol. The fourth-order valence-electron chi connectivity index (χ4n) is 6.93. The van der Waals surface area contributed by atoms with Crippen LogP contribution in [0.2, 0.25) is 0 Å². The van der Waals surface area contributed by atoms with Gasteiger partial charge < -0.3 is 29.6 Å². The molecule has 2 aromatic heterocycles. The molecular formula is C32H38FN4O7PS. The zero-order chi connectivity index (χ0) is 32.9. The van der Waals surface area contributed by atoms with Crippen molar-refractivity contribution in [2.75, 3.05) is 13.1 Å². The van der Waals surface area contributed by atoms with E-state index < -0.39 is 31.5 Å². The lowest BCUT2D eigenvalue weighted by Gasteiger charge is -2.43. The van der Waals surface area contributed by atoms with E-state index in [-0.39, 0.29) is 46.2 Å². The van der Waals surface area contributed by atoms with Gasteiger partial charge in [0.15, 0.2) is 0 Å². The average molecular weight is 673 g/mol. The Labute approximate surface area is 270 Å². The summed E-state index contributed by atoms with van der Waals surface area (Å²) < 4.78 is 32.3. The Morgan fingerprint density at radius 3 is 2.63 bits per heavy atom. The first-order valence-corrected chi connectivity index (χ1v) is 18.0. The number of carbonyl (C=O) groups excluding carboxylic acids is 3. The van der Waals surface area contributed by atoms with Crippen LogP contribution < -0.4 is 10.1 Å². The van der Waals surface area contributed by atoms with Gasteiger partial charge in [0.05, 0.1) is 11.0 Å². The average Bonchev–Trinajstić information content (AvgIpc) is 3.56. The Morgan fingerprint density at radius 1 is 1.15 bits per heavy atom. The van der Waals surface area contributed by atoms with Crippen molar-refractivity contribution < 1.29 is 37.9 Å². The van der Waals surface area contributed by atoms with E-state index in [2.05, 4.69) is 10.3 Å². The number of ether oxygens (including phenoxy) is 1. The van der Waals surface area contributed by atoms with E-state index in [0.29, 0.717) is 36.0 Å². The second-order valence-electron chi connectivity index (χ2n) is 12.9. The highest BCUT2D eigenvalue weighted by atomic mass is 32.1. The SMILES string of the molecule is CC(C)Oc1ccncc1C1CN(C(=O)[C@@H]2CC[C@@H]3C[C@H](C)C[C@H](NC(=O)c4cc5cc([C@H](F)P(=O)(O)O)ccc5s4)C(=O)N32)C1. The summed E-state index contributed by atoms with van der Waals surface area (Å²) in [6, 6.07) is 6.02. The van der Waals surface area contributed by atoms with Crippen LogP contribution in [0.5, 0.6) is 5.75 Å². The lowest BCUT2D eigenvalue weighted by atomic mass is 9.91. The molecular weight excluding hydrogens is 634 g/mol. The van der Waals surface area contributed by atoms with Crippen molar-refractivity contribution in [1.82, 2.24) is 20.1 Å². The number of amides is 3. The maximum Gasteiger partial charge on any atom is 0.363 e. The van der Waals surface area contributed by atoms with Crippen molar-refractivity contribution in [3.05, 3.63) is 58.7 Å². The van der Waals surface area contributed by atoms with Crippen molar-refractivity contribution in [3.63, 3.8) is 0 Å². The first kappa shape index (κ1) is 32.6. The predicted molar refractivity (Wildman–Crippen MR) is 170 cm³/mol. The van der Waals surface area contributed by atoms with Gasteiger partial charge in [0.2, 0.25) is 17.7 Å². The molecule has 0 unspecified atom stereocenters. The second-order valence-corrected chi connectivity index (χ2v) is 15.7. The van der Waals surface area contributed by atoms with Gasteiger partial charge in [0.1, 0.15) is 17.8 Å². The minimum absolute atomic E-state index is 0.00984. The zero-order valence-corrected chi connectivity index (χ0v) is 27.5. The van der Waals surface area contributed by atoms with Gasteiger partial charge in [-0.1, -0.05) is 13.0 Å². The van der Waals surface area contributed by atoms with Crippen LogP contribution in [-0.2, 0) is 14.2 Å². The van der Waals surface area contributed by atoms with E-state index in [1.54, 1.807) is 22.2 Å². The number of hydrogen-bond donors (Lipinski definition) is 3. The molecule has 3 fully saturated rings. The van der Waals surface area contributed by atoms with Crippen LogP contribution in [0, 0.1) is 5.92 Å². The molecule has 0 saturated carbocycles. The maximum atomic E-state index is 14.3. The number of likely N-dealkylation sites (tertiary alicyclic amines) is 1. The molecule has 3 aliphatic heterocycles. The Bertz CT molecular complexity index is 1710. The number of fused-ring (bicyclic) bond motifs is 2. The molecule has 3 saturated heterocycles. The number of nitrogens with zero attached hydrogens (tertiary/aromatic N) is 3. The third kappa shape index (κ3) is 6.43. The van der Waals surface area contributed by atoms with Gasteiger partial charge in [-0.05, 0) is 80.7 Å². The summed E-state index contributed by atoms with van der Waals surface area (Å²) in [4.78, 5) is 67.7. The summed E-state index contributed by atoms with van der Waals surface area (Å²) >= 11 is 1.14. The smallest absolute Gasteiger partial charge is 0.363 e. The highest BCUT2D eigenvalue weighted by Gasteiger charge is 2.49. The number of alkyl halides is 1. The van der Waals surface area contributed by atoms with Gasteiger partial charge in [-0.2, -0.15) is 0 Å². The van der Waals surface area contributed by atoms with Crippen molar-refractivity contribution in [2.24, 2.45) is 5.92 Å². The molecule has 3 amide bonds. The fourth-order valence-corrected chi connectivity index (χ4v) is 8.42. The van der Waals surface area contributed by atoms with E-state index in [4.69, 9.17) is 4.74 Å². The standard InChI is InChI=1S/C32H38FN4O7PS/c1-17(2)44-26-8-9-34-14-23(26)21-15-36(16-21)32(40)25-6-5-22-10-18(3)11-24(31(39)37(22)25)35-30(38)28-13-20-12-19(4-7-27(20)46-28)29(33)45(41,42)43/h4,7-9,12-14,17-18,21-22,24-25,29H,5-6,10-11,15-16H2,1-3H3,(H,35,38)(H2,41,42,43)/t18-,22+,24-,25-,29+/m0/s1. The van der Waals surface area contributed by atoms with Crippen LogP contribution >= 0.6 is 18.9 Å². The van der Waals surface area contributed by atoms with Crippen LogP contribution in [0.25, 0.3) is 10.1 Å². The number of carbonyl (C=O) groups is 3. The van der Waals surface area contributed by atoms with Crippen LogP contribution in [0.15, 0.2) is 42.7 Å². The number of rotatable bonds is 8. The molecule has 14 heteroatoms. The Morgan fingerprint density at radius 2 is 1.91 bits per heavy atom. The fraction of sp³-hybridized carbons (Fsp3) is 0.500. The number of benzene rings is 1. The predicted octanol–water partition coefficient (Wildman–Crippen LogP) is 4.74. The van der Waals surface area contributed by atoms with Crippen molar-refractivity contribution in [2.45, 2.75) is 82.5 Å². The molecule has 5 atom stereocenters. The van der Waals surface area contributed by atoms with Gasteiger partial charge in [0, 0.05) is 47.7 Å². The number of halogens is 1. The first-order chi connectivity index (χ1) is 21.8. The van der Waals surface area contributed by atoms with Gasteiger partial charge >= 0.3 is 7.60 Å². The molecule has 5 heterocycles. The van der Waals surface area contributed by atoms with Crippen LogP contribution in [0.1, 0.15) is 79.1 Å². The minimum Gasteiger partial charge on any atom is -0.491 e. The van der Waals surface area contributed by atoms with Crippen LogP contribution in [0.4, 0.5) is 4.39 Å². The van der Waals surface area contributed by atoms with E-state index in [1.165, 1.54) is 24.3 Å². The zero-order valence-electron chi connectivity index (χ0n) is 25.8. The molecule has 3 aliphatic rings. The molecule has 3 N–H and O–H groups in total. The van der Waals surface area contributed by atoms with Gasteiger partial charge in [0.25, 0.3) is 5.91 Å². The Kier molecular flexibility index (Phi) is 8.97. The topological polar surface area (TPSA) is 149 Å². The molecule has 0 radical (unpaired) electrons. The number of hydrogen-bond acceptors (Lipinski definition) is 7. The van der Waals surface area contributed by atoms with Crippen molar-refractivity contribution in [1.29, 1.82) is 0 Å². The first-order valence-electron chi connectivity index (χ1n) is 15.5. The Balaban J connectivity index is 1.14. The summed E-state index contributed by atoms with van der Waals surface area (Å²) in [6.45, 7) is 7.01. The van der Waals surface area contributed by atoms with Crippen molar-refractivity contribution in [3.8, 4) is 5.75 Å². The summed E-state index contributed by atoms with van der Waals surface area (Å²) in [6.07, 6.45) is 5.96. The molecule has 3 aromatic rings. The number of thiophene rings is 1. The summed E-state index contributed by atoms with van der Waals surface area (Å²) in [5.41, 5.74) is 0.795. The third-order valence-electron chi connectivity index (χ3n) is 9.10. The quantitative estimate of drug-likeness (QED) is 0.291. The second kappa shape index (κ2) is 12.7. The molecule has 1 aromatic carbocycles. The van der Waals surface area contributed by atoms with E-state index in [9.17, 15) is 33.1 Å². The Hall–Kier alpha value is -3.38. The number of pyridine rings is 1. The van der Waals surface area contributed by atoms with E-state index in [0.717, 1.165) is 35.5 Å². The largest absolute Gasteiger partial charge is 0.491 e. The molecule has 6 rings (SSSR count). The molecule has 0 bridgehead atoms. The van der Waals surface area contributed by atoms with Gasteiger partial charge in [-0.3, -0.25) is 23.9 Å². The minimum atomic E-state index is -4.98. The van der Waals surface area contributed by atoms with Crippen molar-refractivity contribution >= 4 is 46.7 Å². The summed E-state index contributed by atoms with van der Waals surface area (Å²) in [7, 11) is -4.98. The van der Waals surface area contributed by atoms with Gasteiger partial charge in [-0.15, -0.1) is 11.3 Å². The number of nitrogens with one attached hydrogen (secondary N) is 1. The molecule has 246 valence electrons. The molecule has 46 heavy (non-hydrogen) atoms. The lowest BCUT2D eigenvalue weighted by Crippen LogP contribution is -2.58.